The standard InChI is InChI=1S/C16H17ClN2OS/c17-14-8-4-5-9-15(14)20-10-11-21-16(18)19-12-13-6-2-1-3-7-13/h1-9H,10-12H2,(H2,18,19). The Morgan fingerprint density at radius 1 is 1.10 bits per heavy atom. The van der Waals surface area contributed by atoms with Gasteiger partial charge in [-0.05, 0) is 17.7 Å². The van der Waals surface area contributed by atoms with Gasteiger partial charge in [0.15, 0.2) is 5.17 Å². The van der Waals surface area contributed by atoms with Crippen molar-refractivity contribution in [3.05, 3.63) is 65.2 Å². The van der Waals surface area contributed by atoms with Gasteiger partial charge in [0.1, 0.15) is 5.75 Å². The predicted octanol–water partition coefficient (Wildman–Crippen LogP) is 3.97. The first-order valence-corrected chi connectivity index (χ1v) is 7.96. The third kappa shape index (κ3) is 5.69. The zero-order chi connectivity index (χ0) is 14.9. The molecule has 0 fully saturated rings. The van der Waals surface area contributed by atoms with E-state index in [9.17, 15) is 0 Å². The van der Waals surface area contributed by atoms with Gasteiger partial charge in [0.05, 0.1) is 18.2 Å². The summed E-state index contributed by atoms with van der Waals surface area (Å²) in [6.45, 7) is 1.14. The molecule has 21 heavy (non-hydrogen) atoms. The average molecular weight is 321 g/mol. The molecule has 0 aliphatic heterocycles. The fourth-order valence-electron chi connectivity index (χ4n) is 1.66. The van der Waals surface area contributed by atoms with Crippen molar-refractivity contribution in [1.82, 2.24) is 0 Å². The van der Waals surface area contributed by atoms with E-state index in [1.165, 1.54) is 11.8 Å². The number of aliphatic imine (C=N–C) groups is 1. The van der Waals surface area contributed by atoms with Crippen LogP contribution in [0.4, 0.5) is 0 Å². The summed E-state index contributed by atoms with van der Waals surface area (Å²) in [7, 11) is 0. The number of para-hydroxylation sites is 1. The lowest BCUT2D eigenvalue weighted by Gasteiger charge is -2.07. The number of hydrogen-bond acceptors (Lipinski definition) is 3. The zero-order valence-corrected chi connectivity index (χ0v) is 13.1. The van der Waals surface area contributed by atoms with Crippen LogP contribution in [-0.4, -0.2) is 17.5 Å². The summed E-state index contributed by atoms with van der Waals surface area (Å²) in [4.78, 5) is 4.33. The first-order chi connectivity index (χ1) is 10.3. The Balaban J connectivity index is 1.70. The molecule has 0 saturated carbocycles. The largest absolute Gasteiger partial charge is 0.491 e. The Morgan fingerprint density at radius 3 is 2.57 bits per heavy atom. The average Bonchev–Trinajstić information content (AvgIpc) is 2.52. The highest BCUT2D eigenvalue weighted by atomic mass is 35.5. The number of thioether (sulfide) groups is 1. The summed E-state index contributed by atoms with van der Waals surface area (Å²) in [6, 6.07) is 17.4. The van der Waals surface area contributed by atoms with E-state index in [1.807, 2.05) is 48.5 Å². The lowest BCUT2D eigenvalue weighted by molar-refractivity contribution is 0.344. The maximum atomic E-state index is 6.00. The predicted molar refractivity (Wildman–Crippen MR) is 91.2 cm³/mol. The Kier molecular flexibility index (Phi) is 6.44. The molecule has 2 aromatic rings. The number of halogens is 1. The SMILES string of the molecule is NC(=NCc1ccccc1)SCCOc1ccccc1Cl. The second-order valence-corrected chi connectivity index (χ2v) is 5.79. The second-order valence-electron chi connectivity index (χ2n) is 4.27. The van der Waals surface area contributed by atoms with Gasteiger partial charge in [-0.1, -0.05) is 65.8 Å². The molecule has 0 bridgehead atoms. The van der Waals surface area contributed by atoms with Crippen LogP contribution in [0.3, 0.4) is 0 Å². The minimum atomic E-state index is 0.538. The smallest absolute Gasteiger partial charge is 0.154 e. The van der Waals surface area contributed by atoms with E-state index in [1.54, 1.807) is 6.07 Å². The van der Waals surface area contributed by atoms with Gasteiger partial charge in [0.25, 0.3) is 0 Å². The molecule has 0 aromatic heterocycles. The first kappa shape index (κ1) is 15.7. The number of nitrogens with zero attached hydrogens (tertiary/aromatic N) is 1. The fraction of sp³-hybridized carbons (Fsp3) is 0.188. The summed E-state index contributed by atoms with van der Waals surface area (Å²) in [5.74, 6) is 1.43. The Bertz CT molecular complexity index is 590. The number of hydrogen-bond donors (Lipinski definition) is 1. The van der Waals surface area contributed by atoms with Crippen LogP contribution in [0.15, 0.2) is 59.6 Å². The number of amidine groups is 1. The molecule has 0 heterocycles. The molecule has 0 radical (unpaired) electrons. The van der Waals surface area contributed by atoms with Crippen LogP contribution in [-0.2, 0) is 6.54 Å². The molecule has 2 N–H and O–H groups in total. The second kappa shape index (κ2) is 8.60. The summed E-state index contributed by atoms with van der Waals surface area (Å²) in [5, 5.41) is 1.19. The van der Waals surface area contributed by atoms with Crippen molar-refractivity contribution in [3.63, 3.8) is 0 Å². The van der Waals surface area contributed by atoms with Gasteiger partial charge in [-0.3, -0.25) is 4.99 Å². The van der Waals surface area contributed by atoms with Crippen LogP contribution >= 0.6 is 23.4 Å². The van der Waals surface area contributed by atoms with E-state index < -0.39 is 0 Å². The molecular weight excluding hydrogens is 304 g/mol. The molecule has 0 aliphatic rings. The quantitative estimate of drug-likeness (QED) is 0.498. The molecule has 3 nitrogen and oxygen atoms in total. The molecule has 0 aliphatic carbocycles. The minimum absolute atomic E-state index is 0.538. The van der Waals surface area contributed by atoms with E-state index in [0.29, 0.717) is 29.1 Å². The Labute approximate surface area is 134 Å². The lowest BCUT2D eigenvalue weighted by Crippen LogP contribution is -2.11. The van der Waals surface area contributed by atoms with Crippen molar-refractivity contribution < 1.29 is 4.74 Å². The molecular formula is C16H17ClN2OS. The monoisotopic (exact) mass is 320 g/mol. The van der Waals surface area contributed by atoms with Crippen LogP contribution in [0.2, 0.25) is 5.02 Å². The van der Waals surface area contributed by atoms with Crippen molar-refractivity contribution in [2.75, 3.05) is 12.4 Å². The van der Waals surface area contributed by atoms with E-state index in [4.69, 9.17) is 22.1 Å². The third-order valence-corrected chi connectivity index (χ3v) is 3.80. The molecule has 2 rings (SSSR count). The van der Waals surface area contributed by atoms with Crippen LogP contribution in [0.25, 0.3) is 0 Å². The van der Waals surface area contributed by atoms with Crippen LogP contribution in [0.5, 0.6) is 5.75 Å². The van der Waals surface area contributed by atoms with Crippen molar-refractivity contribution >= 4 is 28.5 Å². The van der Waals surface area contributed by atoms with Crippen molar-refractivity contribution in [2.45, 2.75) is 6.54 Å². The summed E-state index contributed by atoms with van der Waals surface area (Å²) >= 11 is 7.48. The maximum absolute atomic E-state index is 6.00. The van der Waals surface area contributed by atoms with Crippen LogP contribution < -0.4 is 10.5 Å². The normalized spacial score (nSPS) is 11.4. The molecule has 2 aromatic carbocycles. The van der Waals surface area contributed by atoms with E-state index in [2.05, 4.69) is 4.99 Å². The highest BCUT2D eigenvalue weighted by molar-refractivity contribution is 8.13. The van der Waals surface area contributed by atoms with Crippen LogP contribution in [0, 0.1) is 0 Å². The van der Waals surface area contributed by atoms with Crippen molar-refractivity contribution in [1.29, 1.82) is 0 Å². The van der Waals surface area contributed by atoms with Gasteiger partial charge in [-0.15, -0.1) is 0 Å². The topological polar surface area (TPSA) is 47.6 Å². The third-order valence-electron chi connectivity index (χ3n) is 2.69. The van der Waals surface area contributed by atoms with Crippen molar-refractivity contribution in [3.8, 4) is 5.75 Å². The molecule has 0 saturated heterocycles. The lowest BCUT2D eigenvalue weighted by atomic mass is 10.2. The van der Waals surface area contributed by atoms with Gasteiger partial charge in [0.2, 0.25) is 0 Å². The highest BCUT2D eigenvalue weighted by Gasteiger charge is 2.00. The molecule has 0 spiro atoms. The molecule has 0 amide bonds. The van der Waals surface area contributed by atoms with Crippen molar-refractivity contribution in [2.24, 2.45) is 10.7 Å². The van der Waals surface area contributed by atoms with Crippen LogP contribution in [0.1, 0.15) is 5.56 Å². The van der Waals surface area contributed by atoms with E-state index in [-0.39, 0.29) is 0 Å². The maximum Gasteiger partial charge on any atom is 0.154 e. The Hall–Kier alpha value is -1.65. The molecule has 110 valence electrons. The van der Waals surface area contributed by atoms with Gasteiger partial charge < -0.3 is 10.5 Å². The zero-order valence-electron chi connectivity index (χ0n) is 11.5. The summed E-state index contributed by atoms with van der Waals surface area (Å²) < 4.78 is 5.59. The number of ether oxygens (including phenoxy) is 1. The fourth-order valence-corrected chi connectivity index (χ4v) is 2.38. The van der Waals surface area contributed by atoms with Gasteiger partial charge in [0, 0.05) is 5.75 Å². The van der Waals surface area contributed by atoms with E-state index >= 15 is 0 Å². The number of rotatable bonds is 6. The number of nitrogens with two attached hydrogens (primary N) is 1. The van der Waals surface area contributed by atoms with Gasteiger partial charge >= 0.3 is 0 Å². The van der Waals surface area contributed by atoms with E-state index in [0.717, 1.165) is 11.3 Å². The first-order valence-electron chi connectivity index (χ1n) is 6.59. The molecule has 0 atom stereocenters. The molecule has 0 unspecified atom stereocenters. The minimum Gasteiger partial charge on any atom is -0.491 e. The van der Waals surface area contributed by atoms with Gasteiger partial charge in [-0.2, -0.15) is 0 Å². The Morgan fingerprint density at radius 2 is 1.81 bits per heavy atom. The number of benzene rings is 2. The summed E-state index contributed by atoms with van der Waals surface area (Å²) in [5.41, 5.74) is 7.01. The van der Waals surface area contributed by atoms with Gasteiger partial charge in [-0.25, -0.2) is 0 Å². The molecule has 5 heteroatoms. The summed E-state index contributed by atoms with van der Waals surface area (Å²) in [6.07, 6.45) is 0. The highest BCUT2D eigenvalue weighted by Crippen LogP contribution is 2.23.